The van der Waals surface area contributed by atoms with Gasteiger partial charge >= 0.3 is 0 Å². The van der Waals surface area contributed by atoms with Crippen molar-refractivity contribution in [1.29, 1.82) is 0 Å². The summed E-state index contributed by atoms with van der Waals surface area (Å²) in [5, 5.41) is 3.58. The van der Waals surface area contributed by atoms with E-state index in [4.69, 9.17) is 4.42 Å². The first-order valence-electron chi connectivity index (χ1n) is 7.75. The topological polar surface area (TPSA) is 28.4 Å². The molecule has 1 aliphatic carbocycles. The second-order valence-electron chi connectivity index (χ2n) is 6.49. The van der Waals surface area contributed by atoms with E-state index in [0.717, 1.165) is 30.8 Å². The van der Waals surface area contributed by atoms with Gasteiger partial charge < -0.3 is 9.73 Å². The molecule has 2 heterocycles. The van der Waals surface area contributed by atoms with Crippen LogP contribution in [0.25, 0.3) is 0 Å². The number of nitrogens with zero attached hydrogens (tertiary/aromatic N) is 1. The molecule has 106 valence electrons. The molecule has 0 aromatic carbocycles. The molecule has 3 heteroatoms. The van der Waals surface area contributed by atoms with Gasteiger partial charge in [0.25, 0.3) is 0 Å². The minimum atomic E-state index is 0.686. The molecular formula is C16H26N2O. The maximum Gasteiger partial charge on any atom is 0.122 e. The smallest absolute Gasteiger partial charge is 0.122 e. The van der Waals surface area contributed by atoms with Crippen molar-refractivity contribution in [2.45, 2.75) is 64.7 Å². The van der Waals surface area contributed by atoms with E-state index in [1.807, 2.05) is 6.26 Å². The van der Waals surface area contributed by atoms with Gasteiger partial charge in [0.15, 0.2) is 0 Å². The fraction of sp³-hybridized carbons (Fsp3) is 0.750. The molecule has 3 nitrogen and oxygen atoms in total. The molecule has 2 fully saturated rings. The lowest BCUT2D eigenvalue weighted by Gasteiger charge is -2.36. The van der Waals surface area contributed by atoms with E-state index in [1.54, 1.807) is 0 Å². The molecule has 2 aliphatic rings. The number of likely N-dealkylation sites (tertiary alicyclic amines) is 1. The highest BCUT2D eigenvalue weighted by atomic mass is 16.3. The molecule has 2 unspecified atom stereocenters. The molecule has 0 amide bonds. The zero-order valence-corrected chi connectivity index (χ0v) is 12.2. The Morgan fingerprint density at radius 1 is 1.26 bits per heavy atom. The van der Waals surface area contributed by atoms with Crippen LogP contribution in [0.5, 0.6) is 0 Å². The zero-order chi connectivity index (χ0) is 13.2. The van der Waals surface area contributed by atoms with Crippen LogP contribution in [0.2, 0.25) is 0 Å². The monoisotopic (exact) mass is 262 g/mol. The van der Waals surface area contributed by atoms with Crippen LogP contribution in [0, 0.1) is 5.92 Å². The van der Waals surface area contributed by atoms with Crippen LogP contribution < -0.4 is 5.32 Å². The van der Waals surface area contributed by atoms with Crippen LogP contribution in [0.4, 0.5) is 0 Å². The van der Waals surface area contributed by atoms with Crippen LogP contribution in [0.15, 0.2) is 16.7 Å². The van der Waals surface area contributed by atoms with Crippen molar-refractivity contribution in [3.05, 3.63) is 23.7 Å². The van der Waals surface area contributed by atoms with Crippen LogP contribution >= 0.6 is 0 Å². The van der Waals surface area contributed by atoms with Crippen LogP contribution in [0.3, 0.4) is 0 Å². The summed E-state index contributed by atoms with van der Waals surface area (Å²) in [5.74, 6) is 1.98. The average Bonchev–Trinajstić information content (AvgIpc) is 3.12. The number of hydrogen-bond acceptors (Lipinski definition) is 3. The number of rotatable bonds is 5. The second-order valence-corrected chi connectivity index (χ2v) is 6.49. The highest BCUT2D eigenvalue weighted by Crippen LogP contribution is 2.25. The van der Waals surface area contributed by atoms with Crippen LogP contribution in [-0.2, 0) is 13.1 Å². The van der Waals surface area contributed by atoms with E-state index >= 15 is 0 Å². The van der Waals surface area contributed by atoms with E-state index in [2.05, 4.69) is 30.1 Å². The molecule has 3 rings (SSSR count). The van der Waals surface area contributed by atoms with Crippen molar-refractivity contribution in [3.63, 3.8) is 0 Å². The third-order valence-corrected chi connectivity index (χ3v) is 4.59. The lowest BCUT2D eigenvalue weighted by Crippen LogP contribution is -2.40. The molecule has 0 radical (unpaired) electrons. The van der Waals surface area contributed by atoms with E-state index in [9.17, 15) is 0 Å². The summed E-state index contributed by atoms with van der Waals surface area (Å²) in [6.07, 6.45) is 7.21. The standard InChI is InChI=1S/C16H26N2O/c1-12-3-4-13(2)18(10-12)11-16-14(7-8-19-16)9-17-15-5-6-15/h7-8,12-13,15,17H,3-6,9-11H2,1-2H3. The molecule has 0 spiro atoms. The first-order valence-corrected chi connectivity index (χ1v) is 7.75. The summed E-state index contributed by atoms with van der Waals surface area (Å²) < 4.78 is 5.72. The van der Waals surface area contributed by atoms with Crippen molar-refractivity contribution in [2.24, 2.45) is 5.92 Å². The van der Waals surface area contributed by atoms with Gasteiger partial charge in [0.2, 0.25) is 0 Å². The molecule has 0 bridgehead atoms. The molecule has 2 atom stereocenters. The van der Waals surface area contributed by atoms with Crippen molar-refractivity contribution in [2.75, 3.05) is 6.54 Å². The lowest BCUT2D eigenvalue weighted by molar-refractivity contribution is 0.108. The minimum Gasteiger partial charge on any atom is -0.468 e. The molecule has 19 heavy (non-hydrogen) atoms. The highest BCUT2D eigenvalue weighted by molar-refractivity contribution is 5.17. The fourth-order valence-corrected chi connectivity index (χ4v) is 2.99. The minimum absolute atomic E-state index is 0.686. The molecular weight excluding hydrogens is 236 g/mol. The number of nitrogens with one attached hydrogen (secondary N) is 1. The molecule has 1 aromatic heterocycles. The Kier molecular flexibility index (Phi) is 3.94. The summed E-state index contributed by atoms with van der Waals surface area (Å²) in [6.45, 7) is 7.85. The number of piperidine rings is 1. The average molecular weight is 262 g/mol. The Hall–Kier alpha value is -0.800. The third kappa shape index (κ3) is 3.40. The number of furan rings is 1. The normalized spacial score (nSPS) is 28.7. The van der Waals surface area contributed by atoms with E-state index in [0.29, 0.717) is 6.04 Å². The van der Waals surface area contributed by atoms with Crippen molar-refractivity contribution in [1.82, 2.24) is 10.2 Å². The third-order valence-electron chi connectivity index (χ3n) is 4.59. The van der Waals surface area contributed by atoms with E-state index in [1.165, 1.54) is 37.8 Å². The predicted octanol–water partition coefficient (Wildman–Crippen LogP) is 3.15. The van der Waals surface area contributed by atoms with Gasteiger partial charge in [-0.3, -0.25) is 4.90 Å². The van der Waals surface area contributed by atoms with Gasteiger partial charge in [-0.25, -0.2) is 0 Å². The molecule has 1 saturated carbocycles. The molecule has 1 aliphatic heterocycles. The van der Waals surface area contributed by atoms with Gasteiger partial charge in [-0.1, -0.05) is 6.92 Å². The van der Waals surface area contributed by atoms with Gasteiger partial charge in [0, 0.05) is 30.7 Å². The molecule has 1 saturated heterocycles. The first-order chi connectivity index (χ1) is 9.22. The van der Waals surface area contributed by atoms with Crippen LogP contribution in [-0.4, -0.2) is 23.5 Å². The summed E-state index contributed by atoms with van der Waals surface area (Å²) >= 11 is 0. The summed E-state index contributed by atoms with van der Waals surface area (Å²) in [6, 6.07) is 3.57. The Bertz CT molecular complexity index is 411. The van der Waals surface area contributed by atoms with Gasteiger partial charge in [-0.05, 0) is 44.6 Å². The maximum atomic E-state index is 5.72. The van der Waals surface area contributed by atoms with Crippen LogP contribution in [0.1, 0.15) is 50.9 Å². The van der Waals surface area contributed by atoms with Gasteiger partial charge in [0.1, 0.15) is 5.76 Å². The predicted molar refractivity (Wildman–Crippen MR) is 76.8 cm³/mol. The Morgan fingerprint density at radius 3 is 2.89 bits per heavy atom. The van der Waals surface area contributed by atoms with Crippen molar-refractivity contribution < 1.29 is 4.42 Å². The summed E-state index contributed by atoms with van der Waals surface area (Å²) in [4.78, 5) is 2.58. The van der Waals surface area contributed by atoms with Gasteiger partial charge in [0.05, 0.1) is 12.8 Å². The van der Waals surface area contributed by atoms with Gasteiger partial charge in [-0.2, -0.15) is 0 Å². The first kappa shape index (κ1) is 13.2. The Balaban J connectivity index is 1.59. The molecule has 1 N–H and O–H groups in total. The summed E-state index contributed by atoms with van der Waals surface area (Å²) in [7, 11) is 0. The van der Waals surface area contributed by atoms with E-state index in [-0.39, 0.29) is 0 Å². The number of hydrogen-bond donors (Lipinski definition) is 1. The van der Waals surface area contributed by atoms with E-state index < -0.39 is 0 Å². The fourth-order valence-electron chi connectivity index (χ4n) is 2.99. The summed E-state index contributed by atoms with van der Waals surface area (Å²) in [5.41, 5.74) is 1.34. The second kappa shape index (κ2) is 5.68. The van der Waals surface area contributed by atoms with Crippen molar-refractivity contribution in [3.8, 4) is 0 Å². The maximum absolute atomic E-state index is 5.72. The lowest BCUT2D eigenvalue weighted by atomic mass is 9.95. The van der Waals surface area contributed by atoms with Crippen molar-refractivity contribution >= 4 is 0 Å². The highest BCUT2D eigenvalue weighted by Gasteiger charge is 2.25. The molecule has 1 aromatic rings. The Labute approximate surface area is 116 Å². The quantitative estimate of drug-likeness (QED) is 0.883. The largest absolute Gasteiger partial charge is 0.468 e. The Morgan fingerprint density at radius 2 is 2.11 bits per heavy atom. The van der Waals surface area contributed by atoms with Gasteiger partial charge in [-0.15, -0.1) is 0 Å². The SMILES string of the molecule is CC1CCC(C)N(Cc2occc2CNC2CC2)C1. The zero-order valence-electron chi connectivity index (χ0n) is 12.2.